The first kappa shape index (κ1) is 20.4. The van der Waals surface area contributed by atoms with Crippen LogP contribution < -0.4 is 10.1 Å². The van der Waals surface area contributed by atoms with Gasteiger partial charge in [-0.15, -0.1) is 0 Å². The molecule has 1 unspecified atom stereocenters. The van der Waals surface area contributed by atoms with Crippen LogP contribution in [0.3, 0.4) is 0 Å². The number of carbonyl (C=O) groups excluding carboxylic acids is 2. The van der Waals surface area contributed by atoms with Crippen LogP contribution in [0.2, 0.25) is 0 Å². The first-order chi connectivity index (χ1) is 13.8. The molecule has 2 N–H and O–H groups in total. The molecule has 1 aliphatic heterocycles. The van der Waals surface area contributed by atoms with Gasteiger partial charge in [-0.3, -0.25) is 9.59 Å². The van der Waals surface area contributed by atoms with Gasteiger partial charge in [0.05, 0.1) is 18.6 Å². The number of carboxylic acid groups (broad SMARTS) is 1. The topological polar surface area (TPSA) is 95.9 Å². The lowest BCUT2D eigenvalue weighted by Gasteiger charge is -2.17. The number of nitrogens with one attached hydrogen (secondary N) is 1. The van der Waals surface area contributed by atoms with Crippen molar-refractivity contribution in [1.82, 2.24) is 4.90 Å². The molecule has 0 bridgehead atoms. The second-order valence-corrected chi connectivity index (χ2v) is 7.30. The van der Waals surface area contributed by atoms with Crippen LogP contribution in [0.25, 0.3) is 0 Å². The Labute approximate surface area is 169 Å². The zero-order chi connectivity index (χ0) is 21.1. The molecule has 7 heteroatoms. The van der Waals surface area contributed by atoms with E-state index in [1.54, 1.807) is 25.0 Å². The Hall–Kier alpha value is -3.35. The predicted molar refractivity (Wildman–Crippen MR) is 108 cm³/mol. The number of carbonyl (C=O) groups is 3. The number of nitrogens with zero attached hydrogens (tertiary/aromatic N) is 1. The van der Waals surface area contributed by atoms with Crippen LogP contribution in [-0.4, -0.2) is 41.4 Å². The van der Waals surface area contributed by atoms with Gasteiger partial charge in [0.25, 0.3) is 0 Å². The SMILES string of the molecule is COc1ccc(CN2CC(C(=O)Nc3cc(C(=O)O)c(C)cc3C)CC2=O)cc1. The van der Waals surface area contributed by atoms with Gasteiger partial charge in [0.1, 0.15) is 5.75 Å². The normalized spacial score (nSPS) is 16.0. The third-order valence-electron chi connectivity index (χ3n) is 5.18. The van der Waals surface area contributed by atoms with Crippen LogP contribution in [0.5, 0.6) is 5.75 Å². The highest BCUT2D eigenvalue weighted by Gasteiger charge is 2.34. The number of carboxylic acids is 1. The number of amides is 2. The molecular weight excluding hydrogens is 372 g/mol. The van der Waals surface area contributed by atoms with E-state index in [4.69, 9.17) is 4.74 Å². The van der Waals surface area contributed by atoms with Crippen molar-refractivity contribution in [2.45, 2.75) is 26.8 Å². The number of aryl methyl sites for hydroxylation is 2. The number of methoxy groups -OCH3 is 1. The fourth-order valence-electron chi connectivity index (χ4n) is 3.50. The van der Waals surface area contributed by atoms with Gasteiger partial charge in [0, 0.05) is 25.2 Å². The fraction of sp³-hybridized carbons (Fsp3) is 0.318. The molecule has 1 fully saturated rings. The molecule has 1 heterocycles. The van der Waals surface area contributed by atoms with Gasteiger partial charge in [0.15, 0.2) is 0 Å². The van der Waals surface area contributed by atoms with E-state index in [1.807, 2.05) is 31.2 Å². The smallest absolute Gasteiger partial charge is 0.336 e. The molecule has 2 amide bonds. The summed E-state index contributed by atoms with van der Waals surface area (Å²) in [5.41, 5.74) is 2.98. The number of likely N-dealkylation sites (tertiary alicyclic amines) is 1. The summed E-state index contributed by atoms with van der Waals surface area (Å²) in [6.45, 7) is 4.28. The Kier molecular flexibility index (Phi) is 5.87. The summed E-state index contributed by atoms with van der Waals surface area (Å²) < 4.78 is 5.14. The van der Waals surface area contributed by atoms with Crippen molar-refractivity contribution in [3.8, 4) is 5.75 Å². The maximum absolute atomic E-state index is 12.7. The van der Waals surface area contributed by atoms with Crippen LogP contribution in [0.1, 0.15) is 33.5 Å². The Balaban J connectivity index is 1.67. The first-order valence-corrected chi connectivity index (χ1v) is 9.34. The number of ether oxygens (including phenoxy) is 1. The first-order valence-electron chi connectivity index (χ1n) is 9.34. The van der Waals surface area contributed by atoms with Crippen molar-refractivity contribution in [2.24, 2.45) is 5.92 Å². The Morgan fingerprint density at radius 1 is 1.17 bits per heavy atom. The molecule has 1 saturated heterocycles. The van der Waals surface area contributed by atoms with Crippen LogP contribution in [-0.2, 0) is 16.1 Å². The van der Waals surface area contributed by atoms with Crippen molar-refractivity contribution >= 4 is 23.5 Å². The molecule has 0 saturated carbocycles. The van der Waals surface area contributed by atoms with Gasteiger partial charge in [-0.25, -0.2) is 4.79 Å². The van der Waals surface area contributed by atoms with Crippen molar-refractivity contribution in [1.29, 1.82) is 0 Å². The summed E-state index contributed by atoms with van der Waals surface area (Å²) in [5, 5.41) is 12.1. The third-order valence-corrected chi connectivity index (χ3v) is 5.18. The third kappa shape index (κ3) is 4.56. The predicted octanol–water partition coefficient (Wildman–Crippen LogP) is 3.00. The number of anilines is 1. The highest BCUT2D eigenvalue weighted by molar-refractivity contribution is 5.99. The molecule has 0 aliphatic carbocycles. The van der Waals surface area contributed by atoms with E-state index in [1.165, 1.54) is 6.07 Å². The minimum atomic E-state index is -1.04. The average molecular weight is 396 g/mol. The quantitative estimate of drug-likeness (QED) is 0.783. The number of rotatable bonds is 6. The summed E-state index contributed by atoms with van der Waals surface area (Å²) in [6.07, 6.45) is 0.138. The molecule has 0 aromatic heterocycles. The van der Waals surface area contributed by atoms with Gasteiger partial charge in [-0.05, 0) is 48.7 Å². The van der Waals surface area contributed by atoms with E-state index < -0.39 is 11.9 Å². The fourth-order valence-corrected chi connectivity index (χ4v) is 3.50. The average Bonchev–Trinajstić information content (AvgIpc) is 3.04. The van der Waals surface area contributed by atoms with Crippen molar-refractivity contribution in [2.75, 3.05) is 19.0 Å². The second-order valence-electron chi connectivity index (χ2n) is 7.30. The van der Waals surface area contributed by atoms with Crippen LogP contribution in [0.4, 0.5) is 5.69 Å². The van der Waals surface area contributed by atoms with Crippen LogP contribution in [0, 0.1) is 19.8 Å². The summed E-state index contributed by atoms with van der Waals surface area (Å²) in [6, 6.07) is 10.7. The lowest BCUT2D eigenvalue weighted by Crippen LogP contribution is -2.28. The summed E-state index contributed by atoms with van der Waals surface area (Å²) in [5.74, 6) is -1.13. The van der Waals surface area contributed by atoms with Crippen LogP contribution >= 0.6 is 0 Å². The Morgan fingerprint density at radius 3 is 2.48 bits per heavy atom. The van der Waals surface area contributed by atoms with E-state index in [-0.39, 0.29) is 23.8 Å². The summed E-state index contributed by atoms with van der Waals surface area (Å²) in [7, 11) is 1.59. The van der Waals surface area contributed by atoms with Gasteiger partial charge >= 0.3 is 5.97 Å². The van der Waals surface area contributed by atoms with E-state index in [0.29, 0.717) is 24.3 Å². The molecular formula is C22H24N2O5. The molecule has 29 heavy (non-hydrogen) atoms. The summed E-state index contributed by atoms with van der Waals surface area (Å²) >= 11 is 0. The zero-order valence-corrected chi connectivity index (χ0v) is 16.7. The molecule has 0 radical (unpaired) electrons. The Morgan fingerprint density at radius 2 is 1.86 bits per heavy atom. The largest absolute Gasteiger partial charge is 0.497 e. The molecule has 152 valence electrons. The zero-order valence-electron chi connectivity index (χ0n) is 16.7. The maximum atomic E-state index is 12.7. The minimum absolute atomic E-state index is 0.0761. The van der Waals surface area contributed by atoms with Gasteiger partial charge in [-0.1, -0.05) is 18.2 Å². The van der Waals surface area contributed by atoms with Gasteiger partial charge in [0.2, 0.25) is 11.8 Å². The molecule has 1 aliphatic rings. The van der Waals surface area contributed by atoms with Crippen molar-refractivity contribution in [3.63, 3.8) is 0 Å². The van der Waals surface area contributed by atoms with Gasteiger partial charge < -0.3 is 20.1 Å². The monoisotopic (exact) mass is 396 g/mol. The highest BCUT2D eigenvalue weighted by atomic mass is 16.5. The Bertz CT molecular complexity index is 952. The van der Waals surface area contributed by atoms with Gasteiger partial charge in [-0.2, -0.15) is 0 Å². The van der Waals surface area contributed by atoms with E-state index in [0.717, 1.165) is 16.9 Å². The van der Waals surface area contributed by atoms with Crippen molar-refractivity contribution < 1.29 is 24.2 Å². The summed E-state index contributed by atoms with van der Waals surface area (Å²) in [4.78, 5) is 38.1. The molecule has 3 rings (SSSR count). The van der Waals surface area contributed by atoms with Crippen LogP contribution in [0.15, 0.2) is 36.4 Å². The molecule has 1 atom stereocenters. The minimum Gasteiger partial charge on any atom is -0.497 e. The number of benzene rings is 2. The van der Waals surface area contributed by atoms with E-state index >= 15 is 0 Å². The molecule has 2 aromatic carbocycles. The number of hydrogen-bond acceptors (Lipinski definition) is 4. The number of hydrogen-bond donors (Lipinski definition) is 2. The van der Waals surface area contributed by atoms with E-state index in [9.17, 15) is 19.5 Å². The second kappa shape index (κ2) is 8.34. The number of aromatic carboxylic acids is 1. The lowest BCUT2D eigenvalue weighted by molar-refractivity contribution is -0.128. The maximum Gasteiger partial charge on any atom is 0.336 e. The molecule has 0 spiro atoms. The van der Waals surface area contributed by atoms with E-state index in [2.05, 4.69) is 5.32 Å². The highest BCUT2D eigenvalue weighted by Crippen LogP contribution is 2.25. The standard InChI is InChI=1S/C22H24N2O5/c1-13-8-14(2)19(10-18(13)22(27)28)23-21(26)16-9-20(25)24(12-16)11-15-4-6-17(29-3)7-5-15/h4-8,10,16H,9,11-12H2,1-3H3,(H,23,26)(H,27,28). The van der Waals surface area contributed by atoms with Crippen molar-refractivity contribution in [3.05, 3.63) is 58.7 Å². The molecule has 2 aromatic rings. The molecule has 7 nitrogen and oxygen atoms in total. The lowest BCUT2D eigenvalue weighted by atomic mass is 10.0.